The number of nitrogen functional groups attached to an aromatic ring is 1. The van der Waals surface area contributed by atoms with Crippen molar-refractivity contribution in [2.75, 3.05) is 22.5 Å². The summed E-state index contributed by atoms with van der Waals surface area (Å²) < 4.78 is 0. The molecule has 112 valence electrons. The molecule has 4 N–H and O–H groups in total. The Bertz CT molecular complexity index is 603. The lowest BCUT2D eigenvalue weighted by Crippen LogP contribution is -2.30. The second-order valence-electron chi connectivity index (χ2n) is 5.09. The molecule has 21 heavy (non-hydrogen) atoms. The molecular formula is C15H21N5O. The first-order chi connectivity index (χ1) is 10.0. The quantitative estimate of drug-likeness (QED) is 0.788. The van der Waals surface area contributed by atoms with Gasteiger partial charge in [0.15, 0.2) is 0 Å². The number of anilines is 3. The number of amides is 1. The predicted octanol–water partition coefficient (Wildman–Crippen LogP) is 2.48. The maximum absolute atomic E-state index is 12.0. The fourth-order valence-corrected chi connectivity index (χ4v) is 2.23. The van der Waals surface area contributed by atoms with E-state index < -0.39 is 0 Å². The van der Waals surface area contributed by atoms with E-state index in [1.807, 2.05) is 24.3 Å². The van der Waals surface area contributed by atoms with E-state index in [0.29, 0.717) is 17.6 Å². The van der Waals surface area contributed by atoms with Gasteiger partial charge in [-0.1, -0.05) is 0 Å². The molecule has 0 aliphatic carbocycles. The van der Waals surface area contributed by atoms with E-state index in [2.05, 4.69) is 41.2 Å². The molecular weight excluding hydrogens is 266 g/mol. The van der Waals surface area contributed by atoms with Crippen LogP contribution < -0.4 is 16.0 Å². The fourth-order valence-electron chi connectivity index (χ4n) is 2.23. The van der Waals surface area contributed by atoms with Crippen LogP contribution in [0.5, 0.6) is 0 Å². The topological polar surface area (TPSA) is 87.0 Å². The lowest BCUT2D eigenvalue weighted by Gasteiger charge is -2.27. The van der Waals surface area contributed by atoms with Gasteiger partial charge in [-0.2, -0.15) is 5.10 Å². The van der Waals surface area contributed by atoms with Crippen LogP contribution in [-0.4, -0.2) is 28.7 Å². The number of hydrogen-bond acceptors (Lipinski definition) is 4. The number of carbonyl (C=O) groups excluding carboxylic acids is 1. The van der Waals surface area contributed by atoms with Crippen LogP contribution in [0, 0.1) is 0 Å². The van der Waals surface area contributed by atoms with Gasteiger partial charge in [-0.25, -0.2) is 0 Å². The number of hydrogen-bond donors (Lipinski definition) is 3. The Morgan fingerprint density at radius 2 is 2.05 bits per heavy atom. The monoisotopic (exact) mass is 287 g/mol. The fraction of sp³-hybridized carbons (Fsp3) is 0.333. The maximum atomic E-state index is 12.0. The largest absolute Gasteiger partial charge is 0.382 e. The molecule has 0 saturated heterocycles. The van der Waals surface area contributed by atoms with Gasteiger partial charge < -0.3 is 16.0 Å². The highest BCUT2D eigenvalue weighted by Gasteiger charge is 2.11. The molecule has 0 fully saturated rings. The van der Waals surface area contributed by atoms with E-state index >= 15 is 0 Å². The summed E-state index contributed by atoms with van der Waals surface area (Å²) in [5.74, 6) is 0.0363. The predicted molar refractivity (Wildman–Crippen MR) is 85.6 cm³/mol. The van der Waals surface area contributed by atoms with Crippen molar-refractivity contribution in [2.24, 2.45) is 0 Å². The van der Waals surface area contributed by atoms with Crippen LogP contribution in [0.25, 0.3) is 0 Å². The minimum Gasteiger partial charge on any atom is -0.382 e. The van der Waals surface area contributed by atoms with E-state index in [0.717, 1.165) is 17.9 Å². The number of aromatic nitrogens is 2. The minimum absolute atomic E-state index is 0.261. The number of aromatic amines is 1. The summed E-state index contributed by atoms with van der Waals surface area (Å²) in [5, 5.41) is 9.12. The third kappa shape index (κ3) is 3.53. The van der Waals surface area contributed by atoms with Crippen LogP contribution in [0.1, 0.15) is 31.3 Å². The molecule has 2 rings (SSSR count). The summed E-state index contributed by atoms with van der Waals surface area (Å²) in [6.45, 7) is 7.37. The van der Waals surface area contributed by atoms with Crippen LogP contribution in [0.15, 0.2) is 30.3 Å². The summed E-state index contributed by atoms with van der Waals surface area (Å²) in [5.41, 5.74) is 7.69. The van der Waals surface area contributed by atoms with E-state index in [1.165, 1.54) is 6.07 Å². The zero-order valence-corrected chi connectivity index (χ0v) is 12.6. The Morgan fingerprint density at radius 3 is 2.52 bits per heavy atom. The van der Waals surface area contributed by atoms with Gasteiger partial charge in [0.1, 0.15) is 11.5 Å². The smallest absolute Gasteiger partial charge is 0.273 e. The molecule has 1 aromatic carbocycles. The first-order valence-electron chi connectivity index (χ1n) is 7.00. The summed E-state index contributed by atoms with van der Waals surface area (Å²) in [6.07, 6.45) is 0. The number of rotatable bonds is 5. The van der Waals surface area contributed by atoms with Crippen LogP contribution >= 0.6 is 0 Å². The van der Waals surface area contributed by atoms with E-state index in [-0.39, 0.29) is 5.91 Å². The van der Waals surface area contributed by atoms with E-state index in [9.17, 15) is 4.79 Å². The normalized spacial score (nSPS) is 10.7. The Hall–Kier alpha value is -2.50. The molecule has 0 radical (unpaired) electrons. The molecule has 0 atom stereocenters. The Kier molecular flexibility index (Phi) is 4.47. The van der Waals surface area contributed by atoms with Crippen molar-refractivity contribution >= 4 is 23.1 Å². The van der Waals surface area contributed by atoms with Crippen LogP contribution in [0.4, 0.5) is 17.2 Å². The van der Waals surface area contributed by atoms with E-state index in [4.69, 9.17) is 5.73 Å². The Balaban J connectivity index is 2.07. The number of H-pyrrole nitrogens is 1. The minimum atomic E-state index is -0.261. The molecule has 1 amide bonds. The lowest BCUT2D eigenvalue weighted by molar-refractivity contribution is 0.102. The molecule has 0 saturated carbocycles. The number of nitrogens with zero attached hydrogens (tertiary/aromatic N) is 2. The number of nitrogens with two attached hydrogens (primary N) is 1. The highest BCUT2D eigenvalue weighted by molar-refractivity contribution is 6.03. The van der Waals surface area contributed by atoms with Gasteiger partial charge in [-0.05, 0) is 45.0 Å². The van der Waals surface area contributed by atoms with Gasteiger partial charge in [0.05, 0.1) is 0 Å². The molecule has 6 heteroatoms. The maximum Gasteiger partial charge on any atom is 0.273 e. The number of nitrogens with one attached hydrogen (secondary N) is 2. The molecule has 2 aromatic rings. The van der Waals surface area contributed by atoms with Crippen molar-refractivity contribution in [2.45, 2.75) is 26.8 Å². The van der Waals surface area contributed by atoms with Gasteiger partial charge in [0.2, 0.25) is 0 Å². The van der Waals surface area contributed by atoms with Crippen molar-refractivity contribution in [1.29, 1.82) is 0 Å². The molecule has 6 nitrogen and oxygen atoms in total. The zero-order chi connectivity index (χ0) is 15.4. The highest BCUT2D eigenvalue weighted by Crippen LogP contribution is 2.20. The van der Waals surface area contributed by atoms with Gasteiger partial charge in [0, 0.05) is 30.0 Å². The molecule has 1 heterocycles. The van der Waals surface area contributed by atoms with Crippen molar-refractivity contribution in [3.8, 4) is 0 Å². The van der Waals surface area contributed by atoms with Gasteiger partial charge in [-0.15, -0.1) is 0 Å². The standard InChI is InChI=1S/C15H21N5O/c1-4-20(10(2)3)12-7-5-11(6-8-12)17-15(21)13-9-14(16)19-18-13/h5-10H,4H2,1-3H3,(H,17,21)(H3,16,18,19). The second-order valence-corrected chi connectivity index (χ2v) is 5.09. The summed E-state index contributed by atoms with van der Waals surface area (Å²) in [7, 11) is 0. The van der Waals surface area contributed by atoms with Crippen molar-refractivity contribution in [3.05, 3.63) is 36.0 Å². The average Bonchev–Trinajstić information content (AvgIpc) is 2.88. The highest BCUT2D eigenvalue weighted by atomic mass is 16.1. The third-order valence-corrected chi connectivity index (χ3v) is 3.26. The van der Waals surface area contributed by atoms with Crippen molar-refractivity contribution < 1.29 is 4.79 Å². The summed E-state index contributed by atoms with van der Waals surface area (Å²) in [4.78, 5) is 14.2. The molecule has 0 unspecified atom stereocenters. The van der Waals surface area contributed by atoms with Crippen molar-refractivity contribution in [3.63, 3.8) is 0 Å². The first-order valence-corrected chi connectivity index (χ1v) is 7.00. The van der Waals surface area contributed by atoms with Crippen LogP contribution in [0.2, 0.25) is 0 Å². The molecule has 0 bridgehead atoms. The van der Waals surface area contributed by atoms with Crippen LogP contribution in [-0.2, 0) is 0 Å². The van der Waals surface area contributed by atoms with Gasteiger partial charge in [-0.3, -0.25) is 9.89 Å². The average molecular weight is 287 g/mol. The molecule has 0 spiro atoms. The lowest BCUT2D eigenvalue weighted by atomic mass is 10.2. The van der Waals surface area contributed by atoms with Gasteiger partial charge in [0.25, 0.3) is 5.91 Å². The van der Waals surface area contributed by atoms with Crippen molar-refractivity contribution in [1.82, 2.24) is 10.2 Å². The molecule has 1 aromatic heterocycles. The van der Waals surface area contributed by atoms with Crippen LogP contribution in [0.3, 0.4) is 0 Å². The van der Waals surface area contributed by atoms with E-state index in [1.54, 1.807) is 0 Å². The Morgan fingerprint density at radius 1 is 1.38 bits per heavy atom. The summed E-state index contributed by atoms with van der Waals surface area (Å²) in [6, 6.07) is 9.71. The first kappa shape index (κ1) is 14.9. The van der Waals surface area contributed by atoms with Gasteiger partial charge >= 0.3 is 0 Å². The Labute approximate surface area is 124 Å². The number of carbonyl (C=O) groups is 1. The summed E-state index contributed by atoms with van der Waals surface area (Å²) >= 11 is 0. The zero-order valence-electron chi connectivity index (χ0n) is 12.6. The number of benzene rings is 1. The molecule has 0 aliphatic rings. The third-order valence-electron chi connectivity index (χ3n) is 3.26. The molecule has 0 aliphatic heterocycles. The SMILES string of the molecule is CCN(c1ccc(NC(=O)c2cc(N)n[nH]2)cc1)C(C)C. The second kappa shape index (κ2) is 6.30.